The summed E-state index contributed by atoms with van der Waals surface area (Å²) in [7, 11) is 0. The summed E-state index contributed by atoms with van der Waals surface area (Å²) in [5.74, 6) is 0. The van der Waals surface area contributed by atoms with Gasteiger partial charge >= 0.3 is 0 Å². The zero-order valence-corrected chi connectivity index (χ0v) is 12.5. The van der Waals surface area contributed by atoms with Gasteiger partial charge in [-0.05, 0) is 32.9 Å². The normalized spacial score (nSPS) is 11.1. The molecule has 0 aliphatic heterocycles. The highest BCUT2D eigenvalue weighted by Gasteiger charge is 2.08. The number of thiophene rings is 1. The molecule has 3 nitrogen and oxygen atoms in total. The molecular formula is C13H18ClN3S. The number of halogens is 1. The second-order valence-corrected chi connectivity index (χ2v) is 6.15. The molecule has 0 saturated carbocycles. The van der Waals surface area contributed by atoms with Crippen LogP contribution in [0.25, 0.3) is 0 Å². The Morgan fingerprint density at radius 1 is 1.33 bits per heavy atom. The zero-order chi connectivity index (χ0) is 13.1. The first-order valence-corrected chi connectivity index (χ1v) is 7.23. The van der Waals surface area contributed by atoms with Crippen LogP contribution >= 0.6 is 22.9 Å². The fourth-order valence-electron chi connectivity index (χ4n) is 1.87. The lowest BCUT2D eigenvalue weighted by Crippen LogP contribution is -2.20. The van der Waals surface area contributed by atoms with Gasteiger partial charge in [0.1, 0.15) is 0 Å². The molecule has 1 N–H and O–H groups in total. The second-order valence-electron chi connectivity index (χ2n) is 4.40. The van der Waals surface area contributed by atoms with Crippen molar-refractivity contribution in [2.45, 2.75) is 33.9 Å². The quantitative estimate of drug-likeness (QED) is 0.853. The summed E-state index contributed by atoms with van der Waals surface area (Å²) in [6, 6.07) is 4.33. The standard InChI is InChI=1S/C13H18ClN3S/c1-9-4-5-12(18-9)8-15-6-7-17-11(3)13(14)10(2)16-17/h4-5,15H,6-8H2,1-3H3. The van der Waals surface area contributed by atoms with Crippen LogP contribution in [0, 0.1) is 20.8 Å². The summed E-state index contributed by atoms with van der Waals surface area (Å²) in [6.07, 6.45) is 0. The van der Waals surface area contributed by atoms with Gasteiger partial charge in [-0.3, -0.25) is 4.68 Å². The lowest BCUT2D eigenvalue weighted by atomic mass is 10.4. The molecule has 0 radical (unpaired) electrons. The van der Waals surface area contributed by atoms with Gasteiger partial charge in [-0.15, -0.1) is 11.3 Å². The minimum atomic E-state index is 0.781. The molecule has 2 aromatic rings. The molecular weight excluding hydrogens is 266 g/mol. The Bertz CT molecular complexity index is 530. The van der Waals surface area contributed by atoms with Crippen molar-refractivity contribution in [2.24, 2.45) is 0 Å². The first kappa shape index (κ1) is 13.6. The molecule has 0 atom stereocenters. The Hall–Kier alpha value is -0.840. The minimum absolute atomic E-state index is 0.781. The molecule has 18 heavy (non-hydrogen) atoms. The van der Waals surface area contributed by atoms with Crippen LogP contribution in [0.4, 0.5) is 0 Å². The highest BCUT2D eigenvalue weighted by atomic mass is 35.5. The summed E-state index contributed by atoms with van der Waals surface area (Å²) in [6.45, 7) is 8.75. The van der Waals surface area contributed by atoms with E-state index in [1.54, 1.807) is 0 Å². The first-order chi connectivity index (χ1) is 8.58. The number of rotatable bonds is 5. The molecule has 0 aliphatic rings. The second kappa shape index (κ2) is 5.87. The van der Waals surface area contributed by atoms with Gasteiger partial charge in [0.15, 0.2) is 0 Å². The van der Waals surface area contributed by atoms with Crippen molar-refractivity contribution < 1.29 is 0 Å². The van der Waals surface area contributed by atoms with Crippen molar-refractivity contribution in [2.75, 3.05) is 6.54 Å². The molecule has 98 valence electrons. The van der Waals surface area contributed by atoms with Crippen LogP contribution in [0.15, 0.2) is 12.1 Å². The Morgan fingerprint density at radius 3 is 2.67 bits per heavy atom. The van der Waals surface area contributed by atoms with Gasteiger partial charge in [0.2, 0.25) is 0 Å². The van der Waals surface area contributed by atoms with Crippen LogP contribution < -0.4 is 5.32 Å². The van der Waals surface area contributed by atoms with Gasteiger partial charge in [-0.1, -0.05) is 11.6 Å². The minimum Gasteiger partial charge on any atom is -0.310 e. The van der Waals surface area contributed by atoms with Crippen LogP contribution in [-0.4, -0.2) is 16.3 Å². The predicted molar refractivity (Wildman–Crippen MR) is 77.5 cm³/mol. The van der Waals surface area contributed by atoms with Gasteiger partial charge in [0.25, 0.3) is 0 Å². The van der Waals surface area contributed by atoms with Crippen molar-refractivity contribution in [3.05, 3.63) is 38.3 Å². The van der Waals surface area contributed by atoms with Crippen molar-refractivity contribution in [3.8, 4) is 0 Å². The average molecular weight is 284 g/mol. The van der Waals surface area contributed by atoms with E-state index in [2.05, 4.69) is 29.5 Å². The van der Waals surface area contributed by atoms with E-state index in [-0.39, 0.29) is 0 Å². The van der Waals surface area contributed by atoms with Crippen LogP contribution in [0.3, 0.4) is 0 Å². The first-order valence-electron chi connectivity index (χ1n) is 6.03. The van der Waals surface area contributed by atoms with E-state index in [0.717, 1.165) is 36.0 Å². The molecule has 0 unspecified atom stereocenters. The third kappa shape index (κ3) is 3.13. The number of aryl methyl sites for hydroxylation is 2. The molecule has 2 rings (SSSR count). The number of hydrogen-bond acceptors (Lipinski definition) is 3. The summed E-state index contributed by atoms with van der Waals surface area (Å²) in [5, 5.41) is 8.61. The molecule has 0 spiro atoms. The van der Waals surface area contributed by atoms with E-state index in [1.165, 1.54) is 9.75 Å². The monoisotopic (exact) mass is 283 g/mol. The SMILES string of the molecule is Cc1ccc(CNCCn2nc(C)c(Cl)c2C)s1. The third-order valence-electron chi connectivity index (χ3n) is 2.89. The van der Waals surface area contributed by atoms with E-state index in [0.29, 0.717) is 0 Å². The molecule has 0 saturated heterocycles. The van der Waals surface area contributed by atoms with Crippen LogP contribution in [0.1, 0.15) is 21.1 Å². The molecule has 2 heterocycles. The molecule has 0 aromatic carbocycles. The van der Waals surface area contributed by atoms with Gasteiger partial charge in [0.05, 0.1) is 23.0 Å². The fraction of sp³-hybridized carbons (Fsp3) is 0.462. The largest absolute Gasteiger partial charge is 0.310 e. The van der Waals surface area contributed by atoms with E-state index >= 15 is 0 Å². The van der Waals surface area contributed by atoms with Crippen LogP contribution in [0.2, 0.25) is 5.02 Å². The average Bonchev–Trinajstić information content (AvgIpc) is 2.85. The summed E-state index contributed by atoms with van der Waals surface area (Å²) in [5.41, 5.74) is 1.95. The lowest BCUT2D eigenvalue weighted by Gasteiger charge is -2.05. The Morgan fingerprint density at radius 2 is 2.11 bits per heavy atom. The predicted octanol–water partition coefficient (Wildman–Crippen LogP) is 3.31. The van der Waals surface area contributed by atoms with Crippen molar-refractivity contribution in [1.29, 1.82) is 0 Å². The van der Waals surface area contributed by atoms with E-state index < -0.39 is 0 Å². The third-order valence-corrected chi connectivity index (χ3v) is 4.44. The van der Waals surface area contributed by atoms with Crippen molar-refractivity contribution in [1.82, 2.24) is 15.1 Å². The number of hydrogen-bond donors (Lipinski definition) is 1. The topological polar surface area (TPSA) is 29.9 Å². The highest BCUT2D eigenvalue weighted by molar-refractivity contribution is 7.11. The fourth-order valence-corrected chi connectivity index (χ4v) is 2.86. The Kier molecular flexibility index (Phi) is 4.43. The molecule has 0 aliphatic carbocycles. The van der Waals surface area contributed by atoms with E-state index in [1.807, 2.05) is 29.9 Å². The number of nitrogens with one attached hydrogen (secondary N) is 1. The van der Waals surface area contributed by atoms with Crippen molar-refractivity contribution >= 4 is 22.9 Å². The Balaban J connectivity index is 1.80. The van der Waals surface area contributed by atoms with Gasteiger partial charge in [-0.25, -0.2) is 0 Å². The zero-order valence-electron chi connectivity index (χ0n) is 11.0. The smallest absolute Gasteiger partial charge is 0.0844 e. The maximum absolute atomic E-state index is 6.11. The van der Waals surface area contributed by atoms with Gasteiger partial charge in [-0.2, -0.15) is 5.10 Å². The maximum Gasteiger partial charge on any atom is 0.0844 e. The van der Waals surface area contributed by atoms with Gasteiger partial charge in [0, 0.05) is 22.8 Å². The number of aromatic nitrogens is 2. The summed E-state index contributed by atoms with van der Waals surface area (Å²) >= 11 is 7.95. The van der Waals surface area contributed by atoms with Gasteiger partial charge < -0.3 is 5.32 Å². The van der Waals surface area contributed by atoms with Crippen molar-refractivity contribution in [3.63, 3.8) is 0 Å². The molecule has 0 amide bonds. The summed E-state index contributed by atoms with van der Waals surface area (Å²) < 4.78 is 1.96. The molecule has 0 bridgehead atoms. The van der Waals surface area contributed by atoms with E-state index in [9.17, 15) is 0 Å². The molecule has 0 fully saturated rings. The molecule has 2 aromatic heterocycles. The lowest BCUT2D eigenvalue weighted by molar-refractivity contribution is 0.544. The molecule has 5 heteroatoms. The Labute approximate surface area is 117 Å². The highest BCUT2D eigenvalue weighted by Crippen LogP contribution is 2.18. The van der Waals surface area contributed by atoms with Crippen LogP contribution in [0.5, 0.6) is 0 Å². The summed E-state index contributed by atoms with van der Waals surface area (Å²) in [4.78, 5) is 2.73. The van der Waals surface area contributed by atoms with Crippen LogP contribution in [-0.2, 0) is 13.1 Å². The number of nitrogens with zero attached hydrogens (tertiary/aromatic N) is 2. The maximum atomic E-state index is 6.11. The van der Waals surface area contributed by atoms with E-state index in [4.69, 9.17) is 11.6 Å².